The monoisotopic (exact) mass is 470 g/mol. The second kappa shape index (κ2) is 8.58. The number of ether oxygens (including phenoxy) is 1. The lowest BCUT2D eigenvalue weighted by atomic mass is 9.98. The van der Waals surface area contributed by atoms with Gasteiger partial charge in [0.15, 0.2) is 0 Å². The fraction of sp³-hybridized carbons (Fsp3) is 0.250. The SMILES string of the molecule is CC(C)(NC(=O)OCC1c2ccccc2-c2ccccc21)C(=O)N1CC(C(=O)O)c2ccccc21. The van der Waals surface area contributed by atoms with Crippen LogP contribution in [0.1, 0.15) is 42.4 Å². The number of anilines is 1. The standard InChI is InChI=1S/C28H26N2O5/c1-28(2,26(33)30-15-22(25(31)32)21-13-7-8-14-24(21)30)29-27(34)35-16-23-19-11-5-3-9-17(19)18-10-4-6-12-20(18)23/h3-14,22-23H,15-16H2,1-2H3,(H,29,34)(H,31,32). The minimum absolute atomic E-state index is 0.0172. The van der Waals surface area contributed by atoms with Gasteiger partial charge in [0.2, 0.25) is 0 Å². The van der Waals surface area contributed by atoms with Crippen molar-refractivity contribution in [2.75, 3.05) is 18.1 Å². The normalized spacial score (nSPS) is 16.3. The molecule has 7 nitrogen and oxygen atoms in total. The van der Waals surface area contributed by atoms with E-state index in [1.807, 2.05) is 36.4 Å². The molecule has 0 spiro atoms. The molecule has 2 aliphatic rings. The summed E-state index contributed by atoms with van der Waals surface area (Å²) >= 11 is 0. The van der Waals surface area contributed by atoms with Crippen LogP contribution >= 0.6 is 0 Å². The molecule has 178 valence electrons. The number of rotatable bonds is 5. The van der Waals surface area contributed by atoms with Gasteiger partial charge in [0.05, 0.1) is 0 Å². The molecule has 1 aliphatic carbocycles. The number of alkyl carbamates (subject to hydrolysis) is 1. The van der Waals surface area contributed by atoms with Crippen LogP contribution in [0.4, 0.5) is 10.5 Å². The van der Waals surface area contributed by atoms with E-state index in [0.717, 1.165) is 22.3 Å². The molecule has 0 radical (unpaired) electrons. The Kier molecular flexibility index (Phi) is 5.55. The van der Waals surface area contributed by atoms with Crippen LogP contribution in [0.2, 0.25) is 0 Å². The van der Waals surface area contributed by atoms with E-state index < -0.39 is 29.4 Å². The highest BCUT2D eigenvalue weighted by Gasteiger charge is 2.42. The quantitative estimate of drug-likeness (QED) is 0.572. The van der Waals surface area contributed by atoms with Gasteiger partial charge in [-0.05, 0) is 47.7 Å². The summed E-state index contributed by atoms with van der Waals surface area (Å²) in [6.07, 6.45) is -0.701. The van der Waals surface area contributed by atoms with E-state index in [2.05, 4.69) is 17.4 Å². The Hall–Kier alpha value is -4.13. The van der Waals surface area contributed by atoms with Crippen molar-refractivity contribution in [2.24, 2.45) is 0 Å². The highest BCUT2D eigenvalue weighted by Crippen LogP contribution is 2.44. The number of carbonyl (C=O) groups excluding carboxylic acids is 2. The van der Waals surface area contributed by atoms with Crippen LogP contribution in [0.5, 0.6) is 0 Å². The summed E-state index contributed by atoms with van der Waals surface area (Å²) < 4.78 is 5.60. The molecular formula is C28H26N2O5. The maximum Gasteiger partial charge on any atom is 0.408 e. The first-order valence-electron chi connectivity index (χ1n) is 11.5. The molecule has 1 atom stereocenters. The number of nitrogens with zero attached hydrogens (tertiary/aromatic N) is 1. The summed E-state index contributed by atoms with van der Waals surface area (Å²) in [7, 11) is 0. The fourth-order valence-corrected chi connectivity index (χ4v) is 5.09. The first kappa shape index (κ1) is 22.7. The summed E-state index contributed by atoms with van der Waals surface area (Å²) in [6.45, 7) is 3.34. The van der Waals surface area contributed by atoms with Crippen molar-refractivity contribution in [3.8, 4) is 11.1 Å². The smallest absolute Gasteiger partial charge is 0.408 e. The molecule has 1 aliphatic heterocycles. The molecule has 5 rings (SSSR count). The molecule has 7 heteroatoms. The molecular weight excluding hydrogens is 444 g/mol. The van der Waals surface area contributed by atoms with Gasteiger partial charge in [-0.15, -0.1) is 0 Å². The number of hydrogen-bond donors (Lipinski definition) is 2. The lowest BCUT2D eigenvalue weighted by Gasteiger charge is -2.30. The molecule has 35 heavy (non-hydrogen) atoms. The zero-order valence-corrected chi connectivity index (χ0v) is 19.5. The minimum Gasteiger partial charge on any atom is -0.481 e. The van der Waals surface area contributed by atoms with Crippen LogP contribution in [0.3, 0.4) is 0 Å². The Morgan fingerprint density at radius 1 is 0.914 bits per heavy atom. The van der Waals surface area contributed by atoms with Crippen molar-refractivity contribution in [1.29, 1.82) is 0 Å². The third-order valence-corrected chi connectivity index (χ3v) is 6.80. The molecule has 3 aromatic carbocycles. The molecule has 2 N–H and O–H groups in total. The van der Waals surface area contributed by atoms with Crippen LogP contribution < -0.4 is 10.2 Å². The molecule has 0 aromatic heterocycles. The van der Waals surface area contributed by atoms with Gasteiger partial charge in [0, 0.05) is 18.2 Å². The molecule has 1 unspecified atom stereocenters. The molecule has 0 bridgehead atoms. The average molecular weight is 471 g/mol. The Labute approximate surface area is 203 Å². The van der Waals surface area contributed by atoms with Crippen molar-refractivity contribution >= 4 is 23.7 Å². The second-order valence-electron chi connectivity index (χ2n) is 9.44. The van der Waals surface area contributed by atoms with Crippen molar-refractivity contribution in [3.63, 3.8) is 0 Å². The molecule has 1 heterocycles. The number of benzene rings is 3. The van der Waals surface area contributed by atoms with E-state index in [1.165, 1.54) is 4.90 Å². The topological polar surface area (TPSA) is 95.9 Å². The third-order valence-electron chi connectivity index (χ3n) is 6.80. The first-order valence-corrected chi connectivity index (χ1v) is 11.5. The van der Waals surface area contributed by atoms with E-state index in [-0.39, 0.29) is 19.1 Å². The number of carbonyl (C=O) groups is 3. The van der Waals surface area contributed by atoms with E-state index >= 15 is 0 Å². The van der Waals surface area contributed by atoms with E-state index in [9.17, 15) is 19.5 Å². The van der Waals surface area contributed by atoms with Gasteiger partial charge < -0.3 is 20.1 Å². The lowest BCUT2D eigenvalue weighted by molar-refractivity contribution is -0.138. The van der Waals surface area contributed by atoms with Gasteiger partial charge >= 0.3 is 12.1 Å². The number of nitrogens with one attached hydrogen (secondary N) is 1. The van der Waals surface area contributed by atoms with E-state index in [4.69, 9.17) is 4.74 Å². The predicted molar refractivity (Wildman–Crippen MR) is 131 cm³/mol. The van der Waals surface area contributed by atoms with Crippen molar-refractivity contribution < 1.29 is 24.2 Å². The maximum atomic E-state index is 13.4. The summed E-state index contributed by atoms with van der Waals surface area (Å²) in [5.41, 5.74) is 4.30. The predicted octanol–water partition coefficient (Wildman–Crippen LogP) is 4.52. The number of fused-ring (bicyclic) bond motifs is 4. The Bertz CT molecular complexity index is 1290. The molecule has 0 saturated heterocycles. The second-order valence-corrected chi connectivity index (χ2v) is 9.44. The lowest BCUT2D eigenvalue weighted by Crippen LogP contribution is -2.56. The summed E-state index contributed by atoms with van der Waals surface area (Å²) in [5.74, 6) is -2.29. The van der Waals surface area contributed by atoms with Crippen molar-refractivity contribution in [1.82, 2.24) is 5.32 Å². The van der Waals surface area contributed by atoms with Crippen molar-refractivity contribution in [2.45, 2.75) is 31.2 Å². The number of hydrogen-bond acceptors (Lipinski definition) is 4. The van der Waals surface area contributed by atoms with Crippen LogP contribution in [-0.4, -0.2) is 41.8 Å². The van der Waals surface area contributed by atoms with Gasteiger partial charge in [-0.3, -0.25) is 9.59 Å². The van der Waals surface area contributed by atoms with Gasteiger partial charge in [-0.2, -0.15) is 0 Å². The van der Waals surface area contributed by atoms with Gasteiger partial charge in [-0.25, -0.2) is 4.79 Å². The molecule has 2 amide bonds. The summed E-state index contributed by atoms with van der Waals surface area (Å²) in [4.78, 5) is 39.3. The van der Waals surface area contributed by atoms with E-state index in [0.29, 0.717) is 11.3 Å². The molecule has 0 saturated carbocycles. The largest absolute Gasteiger partial charge is 0.481 e. The first-order chi connectivity index (χ1) is 16.8. The van der Waals surface area contributed by atoms with Crippen LogP contribution in [0.15, 0.2) is 72.8 Å². The highest BCUT2D eigenvalue weighted by atomic mass is 16.5. The number of aliphatic carboxylic acids is 1. The van der Waals surface area contributed by atoms with Crippen LogP contribution in [-0.2, 0) is 14.3 Å². The zero-order valence-electron chi connectivity index (χ0n) is 19.5. The van der Waals surface area contributed by atoms with Gasteiger partial charge in [-0.1, -0.05) is 66.7 Å². The zero-order chi connectivity index (χ0) is 24.7. The Morgan fingerprint density at radius 3 is 2.06 bits per heavy atom. The fourth-order valence-electron chi connectivity index (χ4n) is 5.09. The number of carboxylic acid groups (broad SMARTS) is 1. The van der Waals surface area contributed by atoms with Crippen LogP contribution in [0.25, 0.3) is 11.1 Å². The van der Waals surface area contributed by atoms with Gasteiger partial charge in [0.25, 0.3) is 5.91 Å². The summed E-state index contributed by atoms with van der Waals surface area (Å²) in [6, 6.07) is 23.1. The number of amides is 2. The molecule has 0 fully saturated rings. The Balaban J connectivity index is 1.28. The molecule has 3 aromatic rings. The average Bonchev–Trinajstić information content (AvgIpc) is 3.38. The third kappa shape index (κ3) is 3.93. The Morgan fingerprint density at radius 2 is 1.46 bits per heavy atom. The summed E-state index contributed by atoms with van der Waals surface area (Å²) in [5, 5.41) is 12.3. The highest BCUT2D eigenvalue weighted by molar-refractivity contribution is 6.04. The van der Waals surface area contributed by atoms with Crippen molar-refractivity contribution in [3.05, 3.63) is 89.5 Å². The number of carboxylic acids is 1. The maximum absolute atomic E-state index is 13.4. The van der Waals surface area contributed by atoms with E-state index in [1.54, 1.807) is 38.1 Å². The van der Waals surface area contributed by atoms with Gasteiger partial charge in [0.1, 0.15) is 18.1 Å². The minimum atomic E-state index is -1.30. The van der Waals surface area contributed by atoms with Crippen LogP contribution in [0, 0.1) is 0 Å². The number of para-hydroxylation sites is 1.